The fraction of sp³-hybridized carbons (Fsp3) is 0.467. The maximum Gasteiger partial charge on any atom is 0.317 e. The second-order valence-electron chi connectivity index (χ2n) is 4.94. The van der Waals surface area contributed by atoms with Gasteiger partial charge in [-0.15, -0.1) is 0 Å². The summed E-state index contributed by atoms with van der Waals surface area (Å²) in [5.74, 6) is -0.901. The van der Waals surface area contributed by atoms with Gasteiger partial charge in [-0.1, -0.05) is 30.3 Å². The molecule has 1 unspecified atom stereocenters. The van der Waals surface area contributed by atoms with Crippen LogP contribution in [0.25, 0.3) is 0 Å². The third kappa shape index (κ3) is 6.22. The van der Waals surface area contributed by atoms with Gasteiger partial charge >= 0.3 is 12.0 Å². The van der Waals surface area contributed by atoms with Crippen molar-refractivity contribution in [3.63, 3.8) is 0 Å². The van der Waals surface area contributed by atoms with Crippen molar-refractivity contribution in [3.05, 3.63) is 35.9 Å². The van der Waals surface area contributed by atoms with Crippen LogP contribution in [0.1, 0.15) is 25.3 Å². The standard InChI is InChI=1S/C15H22N2O3/c1-12(8-9-13-6-4-3-5-7-13)16-15(20)17(2)11-10-14(18)19/h3-7,12H,8-11H2,1-2H3,(H,16,20)(H,18,19). The van der Waals surface area contributed by atoms with E-state index in [1.165, 1.54) is 10.5 Å². The number of benzene rings is 1. The SMILES string of the molecule is CC(CCc1ccccc1)NC(=O)N(C)CCC(=O)O. The van der Waals surface area contributed by atoms with E-state index in [4.69, 9.17) is 5.11 Å². The average molecular weight is 278 g/mol. The molecule has 1 aromatic rings. The van der Waals surface area contributed by atoms with Crippen molar-refractivity contribution in [1.29, 1.82) is 0 Å². The average Bonchev–Trinajstić information content (AvgIpc) is 2.43. The molecule has 2 N–H and O–H groups in total. The summed E-state index contributed by atoms with van der Waals surface area (Å²) in [5, 5.41) is 11.4. The van der Waals surface area contributed by atoms with Gasteiger partial charge in [-0.3, -0.25) is 4.79 Å². The van der Waals surface area contributed by atoms with Gasteiger partial charge in [0.25, 0.3) is 0 Å². The Bertz CT molecular complexity index is 434. The summed E-state index contributed by atoms with van der Waals surface area (Å²) in [6.07, 6.45) is 1.71. The van der Waals surface area contributed by atoms with Crippen LogP contribution in [0.15, 0.2) is 30.3 Å². The van der Waals surface area contributed by atoms with E-state index in [1.807, 2.05) is 25.1 Å². The van der Waals surface area contributed by atoms with Gasteiger partial charge in [-0.2, -0.15) is 0 Å². The normalized spacial score (nSPS) is 11.7. The lowest BCUT2D eigenvalue weighted by atomic mass is 10.1. The van der Waals surface area contributed by atoms with Crippen LogP contribution < -0.4 is 5.32 Å². The van der Waals surface area contributed by atoms with Gasteiger partial charge in [0.15, 0.2) is 0 Å². The molecule has 0 spiro atoms. The highest BCUT2D eigenvalue weighted by Gasteiger charge is 2.12. The molecular weight excluding hydrogens is 256 g/mol. The molecule has 1 rings (SSSR count). The summed E-state index contributed by atoms with van der Waals surface area (Å²) in [7, 11) is 1.60. The van der Waals surface area contributed by atoms with Gasteiger partial charge < -0.3 is 15.3 Å². The molecule has 0 bridgehead atoms. The number of amides is 2. The number of nitrogens with one attached hydrogen (secondary N) is 1. The lowest BCUT2D eigenvalue weighted by molar-refractivity contribution is -0.137. The predicted octanol–water partition coefficient (Wildman–Crippen LogP) is 2.12. The molecule has 5 heteroatoms. The molecule has 0 saturated heterocycles. The number of aliphatic carboxylic acids is 1. The first-order chi connectivity index (χ1) is 9.49. The maximum atomic E-state index is 11.8. The second kappa shape index (κ2) is 8.19. The van der Waals surface area contributed by atoms with Crippen molar-refractivity contribution >= 4 is 12.0 Å². The number of carbonyl (C=O) groups is 2. The fourth-order valence-electron chi connectivity index (χ4n) is 1.79. The van der Waals surface area contributed by atoms with Crippen molar-refractivity contribution < 1.29 is 14.7 Å². The van der Waals surface area contributed by atoms with Crippen molar-refractivity contribution in [2.45, 2.75) is 32.2 Å². The molecule has 0 saturated carbocycles. The zero-order valence-electron chi connectivity index (χ0n) is 12.0. The van der Waals surface area contributed by atoms with Crippen LogP contribution in [0.3, 0.4) is 0 Å². The number of carboxylic acids is 1. The molecule has 1 aromatic carbocycles. The number of carbonyl (C=O) groups excluding carboxylic acids is 1. The summed E-state index contributed by atoms with van der Waals surface area (Å²) in [6.45, 7) is 2.17. The lowest BCUT2D eigenvalue weighted by Crippen LogP contribution is -2.42. The molecule has 1 atom stereocenters. The third-order valence-electron chi connectivity index (χ3n) is 3.09. The molecule has 0 heterocycles. The highest BCUT2D eigenvalue weighted by Crippen LogP contribution is 2.05. The summed E-state index contributed by atoms with van der Waals surface area (Å²) >= 11 is 0. The summed E-state index contributed by atoms with van der Waals surface area (Å²) < 4.78 is 0. The number of nitrogens with zero attached hydrogens (tertiary/aromatic N) is 1. The van der Waals surface area contributed by atoms with E-state index < -0.39 is 5.97 Å². The summed E-state index contributed by atoms with van der Waals surface area (Å²) in [6, 6.07) is 9.92. The topological polar surface area (TPSA) is 69.6 Å². The Morgan fingerprint density at radius 3 is 2.55 bits per heavy atom. The Labute approximate surface area is 119 Å². The zero-order chi connectivity index (χ0) is 15.0. The Balaban J connectivity index is 2.28. The highest BCUT2D eigenvalue weighted by molar-refractivity contribution is 5.75. The van der Waals surface area contributed by atoms with Crippen LogP contribution in [0.5, 0.6) is 0 Å². The molecule has 0 radical (unpaired) electrons. The first-order valence-electron chi connectivity index (χ1n) is 6.76. The van der Waals surface area contributed by atoms with E-state index in [-0.39, 0.29) is 25.0 Å². The van der Waals surface area contributed by atoms with Crippen LogP contribution in [0, 0.1) is 0 Å². The molecule has 0 aliphatic carbocycles. The number of rotatable bonds is 7. The highest BCUT2D eigenvalue weighted by atomic mass is 16.4. The molecule has 20 heavy (non-hydrogen) atoms. The lowest BCUT2D eigenvalue weighted by Gasteiger charge is -2.20. The van der Waals surface area contributed by atoms with E-state index in [0.29, 0.717) is 0 Å². The first kappa shape index (κ1) is 16.0. The Morgan fingerprint density at radius 2 is 1.95 bits per heavy atom. The van der Waals surface area contributed by atoms with E-state index in [0.717, 1.165) is 12.8 Å². The third-order valence-corrected chi connectivity index (χ3v) is 3.09. The van der Waals surface area contributed by atoms with Gasteiger partial charge in [0.2, 0.25) is 0 Å². The molecule has 0 aliphatic rings. The van der Waals surface area contributed by atoms with Crippen LogP contribution >= 0.6 is 0 Å². The molecule has 0 fully saturated rings. The van der Waals surface area contributed by atoms with Crippen molar-refractivity contribution in [2.75, 3.05) is 13.6 Å². The van der Waals surface area contributed by atoms with E-state index in [9.17, 15) is 9.59 Å². The van der Waals surface area contributed by atoms with Gasteiger partial charge in [0.1, 0.15) is 0 Å². The van der Waals surface area contributed by atoms with E-state index >= 15 is 0 Å². The minimum Gasteiger partial charge on any atom is -0.481 e. The van der Waals surface area contributed by atoms with Crippen molar-refractivity contribution in [1.82, 2.24) is 10.2 Å². The minimum atomic E-state index is -0.901. The molecule has 0 aliphatic heterocycles. The number of aryl methyl sites for hydroxylation is 1. The fourth-order valence-corrected chi connectivity index (χ4v) is 1.79. The number of hydrogen-bond donors (Lipinski definition) is 2. The number of hydrogen-bond acceptors (Lipinski definition) is 2. The van der Waals surface area contributed by atoms with Gasteiger partial charge in [0, 0.05) is 19.6 Å². The van der Waals surface area contributed by atoms with Crippen molar-refractivity contribution in [2.24, 2.45) is 0 Å². The van der Waals surface area contributed by atoms with Gasteiger partial charge in [0.05, 0.1) is 6.42 Å². The Hall–Kier alpha value is -2.04. The monoisotopic (exact) mass is 278 g/mol. The van der Waals surface area contributed by atoms with Gasteiger partial charge in [-0.05, 0) is 25.3 Å². The van der Waals surface area contributed by atoms with Crippen LogP contribution in [-0.2, 0) is 11.2 Å². The molecule has 2 amide bonds. The van der Waals surface area contributed by atoms with Gasteiger partial charge in [-0.25, -0.2) is 4.79 Å². The van der Waals surface area contributed by atoms with E-state index in [1.54, 1.807) is 7.05 Å². The smallest absolute Gasteiger partial charge is 0.317 e. The number of carboxylic acid groups (broad SMARTS) is 1. The maximum absolute atomic E-state index is 11.8. The Morgan fingerprint density at radius 1 is 1.30 bits per heavy atom. The summed E-state index contributed by atoms with van der Waals surface area (Å²) in [4.78, 5) is 23.6. The van der Waals surface area contributed by atoms with Crippen molar-refractivity contribution in [3.8, 4) is 0 Å². The van der Waals surface area contributed by atoms with Crippen LogP contribution in [-0.4, -0.2) is 41.6 Å². The van der Waals surface area contributed by atoms with Crippen LogP contribution in [0.2, 0.25) is 0 Å². The molecule has 0 aromatic heterocycles. The minimum absolute atomic E-state index is 0.0394. The predicted molar refractivity (Wildman–Crippen MR) is 77.6 cm³/mol. The molecule has 110 valence electrons. The Kier molecular flexibility index (Phi) is 6.56. The molecular formula is C15H22N2O3. The zero-order valence-corrected chi connectivity index (χ0v) is 12.0. The van der Waals surface area contributed by atoms with Crippen LogP contribution in [0.4, 0.5) is 4.79 Å². The number of urea groups is 1. The quantitative estimate of drug-likeness (QED) is 0.802. The molecule has 5 nitrogen and oxygen atoms in total. The van der Waals surface area contributed by atoms with E-state index in [2.05, 4.69) is 17.4 Å². The second-order valence-corrected chi connectivity index (χ2v) is 4.94. The summed E-state index contributed by atoms with van der Waals surface area (Å²) in [5.41, 5.74) is 1.24. The largest absolute Gasteiger partial charge is 0.481 e. The first-order valence-corrected chi connectivity index (χ1v) is 6.76.